The van der Waals surface area contributed by atoms with Crippen LogP contribution in [0.15, 0.2) is 18.2 Å². The molecule has 14 heavy (non-hydrogen) atoms. The SMILES string of the molecule is CCN1CCCNc2cccc(Cl)c21. The molecule has 0 radical (unpaired) electrons. The number of nitrogens with one attached hydrogen (secondary N) is 1. The van der Waals surface area contributed by atoms with Crippen molar-refractivity contribution >= 4 is 23.0 Å². The number of fused-ring (bicyclic) bond motifs is 1. The molecule has 1 aromatic rings. The fourth-order valence-electron chi connectivity index (χ4n) is 1.90. The number of hydrogen-bond acceptors (Lipinski definition) is 2. The van der Waals surface area contributed by atoms with E-state index >= 15 is 0 Å². The zero-order valence-electron chi connectivity index (χ0n) is 8.39. The van der Waals surface area contributed by atoms with Crippen molar-refractivity contribution < 1.29 is 0 Å². The number of halogens is 1. The average molecular weight is 211 g/mol. The Kier molecular flexibility index (Phi) is 2.82. The summed E-state index contributed by atoms with van der Waals surface area (Å²) >= 11 is 6.21. The summed E-state index contributed by atoms with van der Waals surface area (Å²) in [5.74, 6) is 0. The lowest BCUT2D eigenvalue weighted by atomic mass is 10.2. The molecule has 0 unspecified atom stereocenters. The molecular formula is C11H15ClN2. The Morgan fingerprint density at radius 3 is 3.14 bits per heavy atom. The molecule has 1 aromatic carbocycles. The van der Waals surface area contributed by atoms with E-state index in [9.17, 15) is 0 Å². The number of benzene rings is 1. The maximum atomic E-state index is 6.21. The van der Waals surface area contributed by atoms with Crippen molar-refractivity contribution in [2.45, 2.75) is 13.3 Å². The van der Waals surface area contributed by atoms with E-state index in [1.165, 1.54) is 6.42 Å². The second-order valence-corrected chi connectivity index (χ2v) is 3.90. The Hall–Kier alpha value is -0.890. The van der Waals surface area contributed by atoms with Gasteiger partial charge in [0.2, 0.25) is 0 Å². The number of nitrogens with zero attached hydrogens (tertiary/aromatic N) is 1. The van der Waals surface area contributed by atoms with Crippen molar-refractivity contribution in [2.24, 2.45) is 0 Å². The van der Waals surface area contributed by atoms with Gasteiger partial charge in [-0.05, 0) is 25.5 Å². The van der Waals surface area contributed by atoms with Crippen molar-refractivity contribution in [3.05, 3.63) is 23.2 Å². The van der Waals surface area contributed by atoms with E-state index in [2.05, 4.69) is 23.2 Å². The number of anilines is 2. The summed E-state index contributed by atoms with van der Waals surface area (Å²) in [6.45, 7) is 5.29. The summed E-state index contributed by atoms with van der Waals surface area (Å²) in [6, 6.07) is 6.04. The van der Waals surface area contributed by atoms with Crippen LogP contribution in [0.5, 0.6) is 0 Å². The van der Waals surface area contributed by atoms with Gasteiger partial charge in [0.25, 0.3) is 0 Å². The number of rotatable bonds is 1. The highest BCUT2D eigenvalue weighted by Crippen LogP contribution is 2.35. The summed E-state index contributed by atoms with van der Waals surface area (Å²) in [7, 11) is 0. The van der Waals surface area contributed by atoms with Gasteiger partial charge in [-0.2, -0.15) is 0 Å². The van der Waals surface area contributed by atoms with Crippen LogP contribution in [0, 0.1) is 0 Å². The Labute approximate surface area is 89.9 Å². The molecule has 0 bridgehead atoms. The zero-order valence-corrected chi connectivity index (χ0v) is 9.14. The molecule has 0 atom stereocenters. The van der Waals surface area contributed by atoms with Crippen LogP contribution in [0.4, 0.5) is 11.4 Å². The molecule has 0 saturated carbocycles. The fraction of sp³-hybridized carbons (Fsp3) is 0.455. The quantitative estimate of drug-likeness (QED) is 0.767. The van der Waals surface area contributed by atoms with Crippen LogP contribution in [0.25, 0.3) is 0 Å². The van der Waals surface area contributed by atoms with Crippen LogP contribution in [0.3, 0.4) is 0 Å². The Morgan fingerprint density at radius 2 is 2.36 bits per heavy atom. The summed E-state index contributed by atoms with van der Waals surface area (Å²) in [4.78, 5) is 2.33. The van der Waals surface area contributed by atoms with E-state index in [0.29, 0.717) is 0 Å². The smallest absolute Gasteiger partial charge is 0.0791 e. The molecule has 0 amide bonds. The van der Waals surface area contributed by atoms with Gasteiger partial charge in [0.15, 0.2) is 0 Å². The van der Waals surface area contributed by atoms with Gasteiger partial charge < -0.3 is 10.2 Å². The molecule has 2 rings (SSSR count). The number of para-hydroxylation sites is 1. The van der Waals surface area contributed by atoms with E-state index in [4.69, 9.17) is 11.6 Å². The normalized spacial score (nSPS) is 15.7. The van der Waals surface area contributed by atoms with Crippen LogP contribution in [0.1, 0.15) is 13.3 Å². The molecule has 1 heterocycles. The molecule has 2 nitrogen and oxygen atoms in total. The predicted octanol–water partition coefficient (Wildman–Crippen LogP) is 2.98. The van der Waals surface area contributed by atoms with Crippen molar-refractivity contribution in [3.8, 4) is 0 Å². The van der Waals surface area contributed by atoms with Gasteiger partial charge in [-0.25, -0.2) is 0 Å². The van der Waals surface area contributed by atoms with Crippen LogP contribution in [-0.2, 0) is 0 Å². The van der Waals surface area contributed by atoms with Crippen LogP contribution >= 0.6 is 11.6 Å². The highest BCUT2D eigenvalue weighted by Gasteiger charge is 2.15. The molecule has 1 aliphatic rings. The first-order valence-electron chi connectivity index (χ1n) is 5.10. The van der Waals surface area contributed by atoms with Crippen LogP contribution in [-0.4, -0.2) is 19.6 Å². The van der Waals surface area contributed by atoms with Crippen LogP contribution in [0.2, 0.25) is 5.02 Å². The third-order valence-electron chi connectivity index (χ3n) is 2.60. The zero-order chi connectivity index (χ0) is 9.97. The first-order chi connectivity index (χ1) is 6.83. The summed E-state index contributed by atoms with van der Waals surface area (Å²) in [6.07, 6.45) is 1.17. The van der Waals surface area contributed by atoms with E-state index in [0.717, 1.165) is 36.0 Å². The average Bonchev–Trinajstić information content (AvgIpc) is 2.40. The molecule has 3 heteroatoms. The van der Waals surface area contributed by atoms with Crippen molar-refractivity contribution in [3.63, 3.8) is 0 Å². The van der Waals surface area contributed by atoms with Gasteiger partial charge in [0, 0.05) is 19.6 Å². The van der Waals surface area contributed by atoms with Crippen molar-refractivity contribution in [1.29, 1.82) is 0 Å². The number of hydrogen-bond donors (Lipinski definition) is 1. The van der Waals surface area contributed by atoms with Gasteiger partial charge in [-0.1, -0.05) is 17.7 Å². The summed E-state index contributed by atoms with van der Waals surface area (Å²) < 4.78 is 0. The minimum atomic E-state index is 0.846. The largest absolute Gasteiger partial charge is 0.383 e. The van der Waals surface area contributed by atoms with Crippen LogP contribution < -0.4 is 10.2 Å². The molecule has 0 aromatic heterocycles. The highest BCUT2D eigenvalue weighted by molar-refractivity contribution is 6.34. The maximum Gasteiger partial charge on any atom is 0.0791 e. The Bertz CT molecular complexity index is 325. The van der Waals surface area contributed by atoms with E-state index in [1.807, 2.05) is 12.1 Å². The van der Waals surface area contributed by atoms with Gasteiger partial charge >= 0.3 is 0 Å². The first kappa shape index (κ1) is 9.66. The lowest BCUT2D eigenvalue weighted by Crippen LogP contribution is -2.23. The van der Waals surface area contributed by atoms with Gasteiger partial charge in [0.05, 0.1) is 16.4 Å². The first-order valence-corrected chi connectivity index (χ1v) is 5.48. The van der Waals surface area contributed by atoms with E-state index < -0.39 is 0 Å². The molecular weight excluding hydrogens is 196 g/mol. The monoisotopic (exact) mass is 210 g/mol. The third kappa shape index (κ3) is 1.67. The molecule has 0 aliphatic carbocycles. The molecule has 0 spiro atoms. The molecule has 1 N–H and O–H groups in total. The second kappa shape index (κ2) is 4.09. The topological polar surface area (TPSA) is 15.3 Å². The minimum Gasteiger partial charge on any atom is -0.383 e. The fourth-order valence-corrected chi connectivity index (χ4v) is 2.19. The predicted molar refractivity (Wildman–Crippen MR) is 62.4 cm³/mol. The van der Waals surface area contributed by atoms with Gasteiger partial charge in [0.1, 0.15) is 0 Å². The van der Waals surface area contributed by atoms with Gasteiger partial charge in [-0.3, -0.25) is 0 Å². The lowest BCUT2D eigenvalue weighted by molar-refractivity contribution is 0.786. The summed E-state index contributed by atoms with van der Waals surface area (Å²) in [5, 5.41) is 4.25. The van der Waals surface area contributed by atoms with Gasteiger partial charge in [-0.15, -0.1) is 0 Å². The Balaban J connectivity index is 2.45. The summed E-state index contributed by atoms with van der Waals surface area (Å²) in [5.41, 5.74) is 2.33. The molecule has 76 valence electrons. The van der Waals surface area contributed by atoms with E-state index in [-0.39, 0.29) is 0 Å². The second-order valence-electron chi connectivity index (χ2n) is 3.50. The lowest BCUT2D eigenvalue weighted by Gasteiger charge is -2.23. The van der Waals surface area contributed by atoms with Crippen molar-refractivity contribution in [2.75, 3.05) is 29.9 Å². The molecule has 1 aliphatic heterocycles. The maximum absolute atomic E-state index is 6.21. The molecule has 0 saturated heterocycles. The van der Waals surface area contributed by atoms with E-state index in [1.54, 1.807) is 0 Å². The highest BCUT2D eigenvalue weighted by atomic mass is 35.5. The Morgan fingerprint density at radius 1 is 1.50 bits per heavy atom. The third-order valence-corrected chi connectivity index (χ3v) is 2.91. The standard InChI is InChI=1S/C11H15ClN2/c1-2-14-8-4-7-13-10-6-3-5-9(12)11(10)14/h3,5-6,13H,2,4,7-8H2,1H3. The molecule has 0 fully saturated rings. The minimum absolute atomic E-state index is 0.846. The van der Waals surface area contributed by atoms with Crippen molar-refractivity contribution in [1.82, 2.24) is 0 Å².